The number of nitrogens with zero attached hydrogens (tertiary/aromatic N) is 1. The SMILES string of the molecule is CNC(C)c1ccc(N2C3CCC2CC(O)C3)cc1Br. The highest BCUT2D eigenvalue weighted by molar-refractivity contribution is 9.10. The van der Waals surface area contributed by atoms with Crippen molar-refractivity contribution in [3.63, 3.8) is 0 Å². The van der Waals surface area contributed by atoms with E-state index in [9.17, 15) is 5.11 Å². The predicted molar refractivity (Wildman–Crippen MR) is 86.1 cm³/mol. The van der Waals surface area contributed by atoms with E-state index in [4.69, 9.17) is 0 Å². The number of piperidine rings is 1. The summed E-state index contributed by atoms with van der Waals surface area (Å²) in [5.41, 5.74) is 2.59. The number of aliphatic hydroxyl groups is 1. The summed E-state index contributed by atoms with van der Waals surface area (Å²) in [4.78, 5) is 2.53. The molecule has 3 rings (SSSR count). The Hall–Kier alpha value is -0.580. The fourth-order valence-corrected chi connectivity index (χ4v) is 4.46. The number of hydrogen-bond donors (Lipinski definition) is 2. The van der Waals surface area contributed by atoms with E-state index in [1.165, 1.54) is 28.6 Å². The van der Waals surface area contributed by atoms with Crippen molar-refractivity contribution in [2.45, 2.75) is 56.8 Å². The van der Waals surface area contributed by atoms with Gasteiger partial charge in [0.1, 0.15) is 0 Å². The van der Waals surface area contributed by atoms with Gasteiger partial charge in [-0.3, -0.25) is 0 Å². The van der Waals surface area contributed by atoms with Crippen molar-refractivity contribution in [3.8, 4) is 0 Å². The third-order valence-corrected chi connectivity index (χ3v) is 5.58. The monoisotopic (exact) mass is 338 g/mol. The van der Waals surface area contributed by atoms with Gasteiger partial charge >= 0.3 is 0 Å². The summed E-state index contributed by atoms with van der Waals surface area (Å²) in [6, 6.07) is 8.07. The molecule has 4 heteroatoms. The molecule has 2 aliphatic rings. The van der Waals surface area contributed by atoms with E-state index in [-0.39, 0.29) is 6.10 Å². The summed E-state index contributed by atoms with van der Waals surface area (Å²) in [5, 5.41) is 13.2. The normalized spacial score (nSPS) is 30.6. The van der Waals surface area contributed by atoms with Gasteiger partial charge in [0.15, 0.2) is 0 Å². The maximum Gasteiger partial charge on any atom is 0.0579 e. The number of aliphatic hydroxyl groups excluding tert-OH is 1. The van der Waals surface area contributed by atoms with Crippen LogP contribution in [0.1, 0.15) is 44.2 Å². The number of anilines is 1. The largest absolute Gasteiger partial charge is 0.393 e. The quantitative estimate of drug-likeness (QED) is 0.888. The van der Waals surface area contributed by atoms with E-state index in [2.05, 4.69) is 51.3 Å². The molecule has 1 aromatic rings. The van der Waals surface area contributed by atoms with Gasteiger partial charge in [0.25, 0.3) is 0 Å². The number of benzene rings is 1. The van der Waals surface area contributed by atoms with Crippen LogP contribution in [0.25, 0.3) is 0 Å². The van der Waals surface area contributed by atoms with Crippen LogP contribution < -0.4 is 10.2 Å². The predicted octanol–water partition coefficient (Wildman–Crippen LogP) is 3.22. The second-order valence-electron chi connectivity index (χ2n) is 6.13. The van der Waals surface area contributed by atoms with Gasteiger partial charge in [0.05, 0.1) is 6.10 Å². The topological polar surface area (TPSA) is 35.5 Å². The summed E-state index contributed by atoms with van der Waals surface area (Å²) >= 11 is 3.71. The highest BCUT2D eigenvalue weighted by Gasteiger charge is 2.40. The van der Waals surface area contributed by atoms with Gasteiger partial charge in [-0.1, -0.05) is 22.0 Å². The lowest BCUT2D eigenvalue weighted by atomic mass is 9.98. The molecule has 20 heavy (non-hydrogen) atoms. The fourth-order valence-electron chi connectivity index (χ4n) is 3.75. The Balaban J connectivity index is 1.87. The summed E-state index contributed by atoms with van der Waals surface area (Å²) in [7, 11) is 1.98. The molecule has 2 heterocycles. The minimum absolute atomic E-state index is 0.101. The van der Waals surface area contributed by atoms with E-state index in [1.807, 2.05) is 7.05 Å². The molecule has 2 aliphatic heterocycles. The molecular formula is C16H23BrN2O. The van der Waals surface area contributed by atoms with Crippen molar-refractivity contribution in [3.05, 3.63) is 28.2 Å². The average molecular weight is 339 g/mol. The van der Waals surface area contributed by atoms with Gasteiger partial charge < -0.3 is 15.3 Å². The van der Waals surface area contributed by atoms with E-state index in [0.29, 0.717) is 18.1 Å². The molecule has 0 aliphatic carbocycles. The van der Waals surface area contributed by atoms with Crippen LogP contribution in [-0.2, 0) is 0 Å². The third-order valence-electron chi connectivity index (χ3n) is 4.89. The molecule has 0 aromatic heterocycles. The molecule has 0 spiro atoms. The van der Waals surface area contributed by atoms with Gasteiger partial charge in [-0.15, -0.1) is 0 Å². The number of hydrogen-bond acceptors (Lipinski definition) is 3. The summed E-state index contributed by atoms with van der Waals surface area (Å²) in [6.45, 7) is 2.17. The van der Waals surface area contributed by atoms with Crippen LogP contribution in [0.2, 0.25) is 0 Å². The Morgan fingerprint density at radius 3 is 2.50 bits per heavy atom. The Kier molecular flexibility index (Phi) is 4.07. The molecule has 0 radical (unpaired) electrons. The lowest BCUT2D eigenvalue weighted by Crippen LogP contribution is -2.44. The second kappa shape index (κ2) is 5.66. The van der Waals surface area contributed by atoms with Crippen molar-refractivity contribution in [2.75, 3.05) is 11.9 Å². The summed E-state index contributed by atoms with van der Waals surface area (Å²) < 4.78 is 1.17. The third kappa shape index (κ3) is 2.49. The number of nitrogens with one attached hydrogen (secondary N) is 1. The molecule has 1 aromatic carbocycles. The van der Waals surface area contributed by atoms with Gasteiger partial charge in [0, 0.05) is 28.3 Å². The summed E-state index contributed by atoms with van der Waals surface area (Å²) in [6.07, 6.45) is 4.17. The van der Waals surface area contributed by atoms with Crippen molar-refractivity contribution < 1.29 is 5.11 Å². The molecule has 2 saturated heterocycles. The van der Waals surface area contributed by atoms with Crippen LogP contribution in [0.4, 0.5) is 5.69 Å². The first-order chi connectivity index (χ1) is 9.60. The van der Waals surface area contributed by atoms with Crippen molar-refractivity contribution in [2.24, 2.45) is 0 Å². The average Bonchev–Trinajstić information content (AvgIpc) is 2.70. The van der Waals surface area contributed by atoms with Crippen LogP contribution in [0.15, 0.2) is 22.7 Å². The molecular weight excluding hydrogens is 316 g/mol. The van der Waals surface area contributed by atoms with E-state index >= 15 is 0 Å². The van der Waals surface area contributed by atoms with Crippen molar-refractivity contribution >= 4 is 21.6 Å². The van der Waals surface area contributed by atoms with Gasteiger partial charge in [0.2, 0.25) is 0 Å². The standard InChI is InChI=1S/C16H23BrN2O/c1-10(18-2)15-6-5-13(9-16(15)17)19-11-3-4-12(19)8-14(20)7-11/h5-6,9-12,14,18,20H,3-4,7-8H2,1-2H3. The Morgan fingerprint density at radius 2 is 1.95 bits per heavy atom. The second-order valence-corrected chi connectivity index (χ2v) is 6.99. The lowest BCUT2D eigenvalue weighted by Gasteiger charge is -2.39. The number of halogens is 1. The lowest BCUT2D eigenvalue weighted by molar-refractivity contribution is 0.126. The first-order valence-corrected chi connectivity index (χ1v) is 8.32. The molecule has 2 N–H and O–H groups in total. The number of fused-ring (bicyclic) bond motifs is 2. The van der Waals surface area contributed by atoms with E-state index in [1.54, 1.807) is 0 Å². The van der Waals surface area contributed by atoms with Crippen molar-refractivity contribution in [1.82, 2.24) is 5.32 Å². The molecule has 3 nitrogen and oxygen atoms in total. The summed E-state index contributed by atoms with van der Waals surface area (Å²) in [5.74, 6) is 0. The molecule has 2 fully saturated rings. The minimum Gasteiger partial charge on any atom is -0.393 e. The maximum atomic E-state index is 9.91. The van der Waals surface area contributed by atoms with Crippen LogP contribution in [-0.4, -0.2) is 30.3 Å². The Morgan fingerprint density at radius 1 is 1.30 bits per heavy atom. The number of rotatable bonds is 3. The van der Waals surface area contributed by atoms with Gasteiger partial charge in [-0.2, -0.15) is 0 Å². The molecule has 3 unspecified atom stereocenters. The molecule has 110 valence electrons. The highest BCUT2D eigenvalue weighted by Crippen LogP contribution is 2.40. The highest BCUT2D eigenvalue weighted by atomic mass is 79.9. The molecule has 0 amide bonds. The van der Waals surface area contributed by atoms with Crippen LogP contribution in [0.3, 0.4) is 0 Å². The zero-order valence-electron chi connectivity index (χ0n) is 12.1. The Labute approximate surface area is 129 Å². The van der Waals surface area contributed by atoms with E-state index in [0.717, 1.165) is 12.8 Å². The fraction of sp³-hybridized carbons (Fsp3) is 0.625. The first kappa shape index (κ1) is 14.4. The van der Waals surface area contributed by atoms with Gasteiger partial charge in [-0.25, -0.2) is 0 Å². The molecule has 2 bridgehead atoms. The maximum absolute atomic E-state index is 9.91. The first-order valence-electron chi connectivity index (χ1n) is 7.53. The van der Waals surface area contributed by atoms with Crippen LogP contribution in [0.5, 0.6) is 0 Å². The van der Waals surface area contributed by atoms with Crippen LogP contribution >= 0.6 is 15.9 Å². The minimum atomic E-state index is -0.101. The van der Waals surface area contributed by atoms with E-state index < -0.39 is 0 Å². The van der Waals surface area contributed by atoms with Crippen molar-refractivity contribution in [1.29, 1.82) is 0 Å². The Bertz CT molecular complexity index is 479. The zero-order chi connectivity index (χ0) is 14.3. The van der Waals surface area contributed by atoms with Crippen LogP contribution in [0, 0.1) is 0 Å². The smallest absolute Gasteiger partial charge is 0.0579 e. The molecule has 0 saturated carbocycles. The zero-order valence-corrected chi connectivity index (χ0v) is 13.7. The molecule has 3 atom stereocenters. The van der Waals surface area contributed by atoms with Gasteiger partial charge in [-0.05, 0) is 57.4 Å².